The van der Waals surface area contributed by atoms with Crippen molar-refractivity contribution >= 4 is 17.1 Å². The zero-order chi connectivity index (χ0) is 12.4. The molecule has 2 aromatic rings. The van der Waals surface area contributed by atoms with E-state index in [1.165, 1.54) is 29.1 Å². The molecule has 90 valence electrons. The first-order valence-electron chi connectivity index (χ1n) is 5.72. The van der Waals surface area contributed by atoms with Crippen LogP contribution in [0.3, 0.4) is 0 Å². The molecule has 0 amide bonds. The van der Waals surface area contributed by atoms with Crippen LogP contribution in [-0.2, 0) is 11.2 Å². The minimum absolute atomic E-state index is 0.404. The van der Waals surface area contributed by atoms with Crippen LogP contribution in [0.15, 0.2) is 18.5 Å². The van der Waals surface area contributed by atoms with Gasteiger partial charge in [-0.15, -0.1) is 0 Å². The third-order valence-electron chi connectivity index (χ3n) is 2.90. The molecule has 0 saturated carbocycles. The van der Waals surface area contributed by atoms with Crippen LogP contribution in [0.2, 0.25) is 0 Å². The Hall–Kier alpha value is -1.84. The van der Waals surface area contributed by atoms with Gasteiger partial charge in [-0.2, -0.15) is 0 Å². The zero-order valence-corrected chi connectivity index (χ0v) is 10.4. The molecule has 0 unspecified atom stereocenters. The molecule has 17 heavy (non-hydrogen) atoms. The fraction of sp³-hybridized carbons (Fsp3) is 0.385. The molecular formula is C13H16N2O2. The molecule has 0 fully saturated rings. The van der Waals surface area contributed by atoms with Gasteiger partial charge in [0.25, 0.3) is 0 Å². The van der Waals surface area contributed by atoms with Crippen LogP contribution in [0.25, 0.3) is 11.0 Å². The Morgan fingerprint density at radius 2 is 2.24 bits per heavy atom. The van der Waals surface area contributed by atoms with E-state index in [0.717, 1.165) is 23.9 Å². The first kappa shape index (κ1) is 11.6. The van der Waals surface area contributed by atoms with Gasteiger partial charge in [0.2, 0.25) is 0 Å². The summed E-state index contributed by atoms with van der Waals surface area (Å²) in [5.74, 6) is 0. The van der Waals surface area contributed by atoms with Crippen LogP contribution < -0.4 is 0 Å². The maximum absolute atomic E-state index is 11.5. The van der Waals surface area contributed by atoms with Crippen molar-refractivity contribution in [2.45, 2.75) is 26.7 Å². The van der Waals surface area contributed by atoms with E-state index in [4.69, 9.17) is 4.74 Å². The Bertz CT molecular complexity index is 558. The van der Waals surface area contributed by atoms with Crippen LogP contribution in [0.1, 0.15) is 24.5 Å². The van der Waals surface area contributed by atoms with Crippen LogP contribution in [0, 0.1) is 6.92 Å². The van der Waals surface area contributed by atoms with E-state index in [9.17, 15) is 4.79 Å². The molecular weight excluding hydrogens is 216 g/mol. The lowest BCUT2D eigenvalue weighted by atomic mass is 10.0. The molecule has 0 atom stereocenters. The summed E-state index contributed by atoms with van der Waals surface area (Å²) < 4.78 is 6.16. The van der Waals surface area contributed by atoms with Crippen molar-refractivity contribution in [1.82, 2.24) is 9.55 Å². The molecule has 0 radical (unpaired) electrons. The second-order valence-electron chi connectivity index (χ2n) is 4.10. The lowest BCUT2D eigenvalue weighted by Gasteiger charge is -2.06. The Labute approximate surface area is 100 Å². The van der Waals surface area contributed by atoms with E-state index in [1.54, 1.807) is 0 Å². The Kier molecular flexibility index (Phi) is 3.13. The highest BCUT2D eigenvalue weighted by Crippen LogP contribution is 2.20. The van der Waals surface area contributed by atoms with Crippen molar-refractivity contribution in [3.8, 4) is 0 Å². The second kappa shape index (κ2) is 4.57. The van der Waals surface area contributed by atoms with Gasteiger partial charge in [-0.3, -0.25) is 0 Å². The number of benzene rings is 1. The third-order valence-corrected chi connectivity index (χ3v) is 2.90. The Morgan fingerprint density at radius 3 is 2.88 bits per heavy atom. The molecule has 0 N–H and O–H groups in total. The number of nitrogens with zero attached hydrogens (tertiary/aromatic N) is 2. The van der Waals surface area contributed by atoms with Crippen molar-refractivity contribution in [1.29, 1.82) is 0 Å². The predicted octanol–water partition coefficient (Wildman–Crippen LogP) is 2.91. The highest BCUT2D eigenvalue weighted by atomic mass is 16.5. The van der Waals surface area contributed by atoms with Gasteiger partial charge in [-0.25, -0.2) is 14.3 Å². The maximum atomic E-state index is 11.5. The third kappa shape index (κ3) is 2.02. The minimum Gasteiger partial charge on any atom is -0.452 e. The first-order valence-corrected chi connectivity index (χ1v) is 5.72. The lowest BCUT2D eigenvalue weighted by Crippen LogP contribution is -2.09. The number of imidazole rings is 1. The van der Waals surface area contributed by atoms with E-state index in [0.29, 0.717) is 0 Å². The smallest absolute Gasteiger partial charge is 0.419 e. The number of hydrogen-bond donors (Lipinski definition) is 0. The Morgan fingerprint density at radius 1 is 1.47 bits per heavy atom. The molecule has 1 aromatic heterocycles. The predicted molar refractivity (Wildman–Crippen MR) is 66.3 cm³/mol. The van der Waals surface area contributed by atoms with Crippen LogP contribution in [0.5, 0.6) is 0 Å². The fourth-order valence-electron chi connectivity index (χ4n) is 1.99. The molecule has 0 aliphatic carbocycles. The first-order chi connectivity index (χ1) is 8.17. The quantitative estimate of drug-likeness (QED) is 0.799. The number of carbonyl (C=O) groups excluding carboxylic acids is 1. The van der Waals surface area contributed by atoms with Gasteiger partial charge >= 0.3 is 6.09 Å². The number of ether oxygens (including phenoxy) is 1. The second-order valence-corrected chi connectivity index (χ2v) is 4.10. The number of carbonyl (C=O) groups is 1. The SMILES string of the molecule is CCCc1cc2c(cc1C)ncn2C(=O)OC. The van der Waals surface area contributed by atoms with Crippen molar-refractivity contribution in [3.63, 3.8) is 0 Å². The van der Waals surface area contributed by atoms with Crippen LogP contribution >= 0.6 is 0 Å². The standard InChI is InChI=1S/C13H16N2O2/c1-4-5-10-7-12-11(6-9(10)2)14-8-15(12)13(16)17-3/h6-8H,4-5H2,1-3H3. The number of rotatable bonds is 2. The highest BCUT2D eigenvalue weighted by Gasteiger charge is 2.11. The molecule has 0 aliphatic rings. The summed E-state index contributed by atoms with van der Waals surface area (Å²) in [5.41, 5.74) is 4.11. The summed E-state index contributed by atoms with van der Waals surface area (Å²) in [4.78, 5) is 15.8. The van der Waals surface area contributed by atoms with Crippen molar-refractivity contribution < 1.29 is 9.53 Å². The van der Waals surface area contributed by atoms with Gasteiger partial charge in [0.15, 0.2) is 0 Å². The molecule has 1 heterocycles. The van der Waals surface area contributed by atoms with Gasteiger partial charge in [0.05, 0.1) is 18.1 Å². The molecule has 0 saturated heterocycles. The maximum Gasteiger partial charge on any atom is 0.419 e. The topological polar surface area (TPSA) is 44.1 Å². The summed E-state index contributed by atoms with van der Waals surface area (Å²) in [6.45, 7) is 4.21. The summed E-state index contributed by atoms with van der Waals surface area (Å²) in [5, 5.41) is 0. The average molecular weight is 232 g/mol. The normalized spacial score (nSPS) is 10.8. The van der Waals surface area contributed by atoms with Gasteiger partial charge in [0.1, 0.15) is 6.33 Å². The van der Waals surface area contributed by atoms with Crippen LogP contribution in [-0.4, -0.2) is 22.8 Å². The molecule has 0 bridgehead atoms. The van der Waals surface area contributed by atoms with Crippen molar-refractivity contribution in [2.24, 2.45) is 0 Å². The monoisotopic (exact) mass is 232 g/mol. The number of aromatic nitrogens is 2. The molecule has 4 heteroatoms. The van der Waals surface area contributed by atoms with Gasteiger partial charge in [-0.1, -0.05) is 13.3 Å². The van der Waals surface area contributed by atoms with Gasteiger partial charge in [-0.05, 0) is 36.6 Å². The van der Waals surface area contributed by atoms with Gasteiger partial charge < -0.3 is 4.74 Å². The number of fused-ring (bicyclic) bond motifs is 1. The molecule has 0 spiro atoms. The molecule has 2 rings (SSSR count). The largest absolute Gasteiger partial charge is 0.452 e. The molecule has 4 nitrogen and oxygen atoms in total. The fourth-order valence-corrected chi connectivity index (χ4v) is 1.99. The van der Waals surface area contributed by atoms with E-state index in [2.05, 4.69) is 18.8 Å². The molecule has 0 aliphatic heterocycles. The number of methoxy groups -OCH3 is 1. The van der Waals surface area contributed by atoms with Crippen molar-refractivity contribution in [2.75, 3.05) is 7.11 Å². The summed E-state index contributed by atoms with van der Waals surface area (Å²) in [6.07, 6.45) is 3.19. The number of hydrogen-bond acceptors (Lipinski definition) is 3. The van der Waals surface area contributed by atoms with E-state index in [-0.39, 0.29) is 0 Å². The lowest BCUT2D eigenvalue weighted by molar-refractivity contribution is 0.174. The van der Waals surface area contributed by atoms with E-state index >= 15 is 0 Å². The summed E-state index contributed by atoms with van der Waals surface area (Å²) >= 11 is 0. The summed E-state index contributed by atoms with van der Waals surface area (Å²) in [6, 6.07) is 4.04. The van der Waals surface area contributed by atoms with Crippen LogP contribution in [0.4, 0.5) is 4.79 Å². The zero-order valence-electron chi connectivity index (χ0n) is 10.4. The Balaban J connectivity index is 2.59. The summed E-state index contributed by atoms with van der Waals surface area (Å²) in [7, 11) is 1.37. The average Bonchev–Trinajstić information content (AvgIpc) is 2.72. The number of aryl methyl sites for hydroxylation is 2. The van der Waals surface area contributed by atoms with E-state index in [1.807, 2.05) is 12.1 Å². The van der Waals surface area contributed by atoms with E-state index < -0.39 is 6.09 Å². The minimum atomic E-state index is -0.404. The highest BCUT2D eigenvalue weighted by molar-refractivity contribution is 5.87. The van der Waals surface area contributed by atoms with Gasteiger partial charge in [0, 0.05) is 0 Å². The molecule has 1 aromatic carbocycles. The van der Waals surface area contributed by atoms with Crippen molar-refractivity contribution in [3.05, 3.63) is 29.6 Å².